The molecule has 3 aromatic rings. The zero-order valence-electron chi connectivity index (χ0n) is 14.0. The van der Waals surface area contributed by atoms with Crippen LogP contribution in [0.4, 0.5) is 0 Å². The van der Waals surface area contributed by atoms with Crippen LogP contribution in [0.1, 0.15) is 23.3 Å². The molecule has 2 N–H and O–H groups in total. The van der Waals surface area contributed by atoms with E-state index in [0.29, 0.717) is 18.7 Å². The quantitative estimate of drug-likeness (QED) is 0.677. The number of carbonyl (C=O) groups excluding carboxylic acids is 2. The molecule has 0 fully saturated rings. The van der Waals surface area contributed by atoms with Crippen LogP contribution < -0.4 is 10.6 Å². The molecule has 0 aliphatic heterocycles. The van der Waals surface area contributed by atoms with Crippen LogP contribution in [0.2, 0.25) is 0 Å². The lowest BCUT2D eigenvalue weighted by Crippen LogP contribution is -2.37. The number of aromatic nitrogens is 2. The second kappa shape index (κ2) is 7.61. The van der Waals surface area contributed by atoms with Crippen LogP contribution in [0.5, 0.6) is 0 Å². The number of carbonyl (C=O) groups is 2. The Bertz CT molecular complexity index is 873. The fourth-order valence-corrected chi connectivity index (χ4v) is 2.61. The first kappa shape index (κ1) is 16.7. The Morgan fingerprint density at radius 2 is 1.68 bits per heavy atom. The zero-order valence-corrected chi connectivity index (χ0v) is 14.0. The number of fused-ring (bicyclic) bond motifs is 1. The van der Waals surface area contributed by atoms with Gasteiger partial charge in [-0.25, -0.2) is 4.98 Å². The lowest BCUT2D eigenvalue weighted by atomic mass is 10.2. The number of amides is 2. The fourth-order valence-electron chi connectivity index (χ4n) is 2.61. The SMILES string of the molecule is C[C@@H](C(=O)NCCNC(=O)c1ccccc1)n1cnc2ccccc21. The van der Waals surface area contributed by atoms with Gasteiger partial charge in [0, 0.05) is 18.7 Å². The first-order valence-electron chi connectivity index (χ1n) is 8.19. The fraction of sp³-hybridized carbons (Fsp3) is 0.211. The average Bonchev–Trinajstić information content (AvgIpc) is 3.09. The van der Waals surface area contributed by atoms with Crippen molar-refractivity contribution in [1.29, 1.82) is 0 Å². The van der Waals surface area contributed by atoms with Gasteiger partial charge in [0.05, 0.1) is 17.4 Å². The highest BCUT2D eigenvalue weighted by atomic mass is 16.2. The van der Waals surface area contributed by atoms with E-state index < -0.39 is 0 Å². The number of rotatable bonds is 6. The number of nitrogens with one attached hydrogen (secondary N) is 2. The van der Waals surface area contributed by atoms with Crippen LogP contribution in [0.25, 0.3) is 11.0 Å². The van der Waals surface area contributed by atoms with E-state index in [2.05, 4.69) is 15.6 Å². The summed E-state index contributed by atoms with van der Waals surface area (Å²) in [5.74, 6) is -0.263. The van der Waals surface area contributed by atoms with Gasteiger partial charge >= 0.3 is 0 Å². The number of para-hydroxylation sites is 2. The molecule has 1 heterocycles. The Morgan fingerprint density at radius 3 is 2.48 bits per heavy atom. The van der Waals surface area contributed by atoms with Crippen LogP contribution in [-0.4, -0.2) is 34.5 Å². The van der Waals surface area contributed by atoms with Gasteiger partial charge in [-0.05, 0) is 31.2 Å². The Hall–Kier alpha value is -3.15. The topological polar surface area (TPSA) is 76.0 Å². The molecule has 0 radical (unpaired) electrons. The molecule has 0 saturated heterocycles. The van der Waals surface area contributed by atoms with Crippen molar-refractivity contribution in [3.05, 3.63) is 66.5 Å². The predicted molar refractivity (Wildman–Crippen MR) is 96.2 cm³/mol. The third kappa shape index (κ3) is 3.85. The third-order valence-electron chi connectivity index (χ3n) is 4.02. The summed E-state index contributed by atoms with van der Waals surface area (Å²) in [5.41, 5.74) is 2.38. The molecule has 0 spiro atoms. The molecule has 0 aliphatic rings. The number of hydrogen-bond acceptors (Lipinski definition) is 3. The Balaban J connectivity index is 1.50. The minimum atomic E-state index is -0.378. The second-order valence-electron chi connectivity index (χ2n) is 5.73. The summed E-state index contributed by atoms with van der Waals surface area (Å²) < 4.78 is 1.84. The minimum absolute atomic E-state index is 0.114. The molecule has 6 heteroatoms. The Morgan fingerprint density at radius 1 is 1.00 bits per heavy atom. The van der Waals surface area contributed by atoms with Crippen LogP contribution in [0.3, 0.4) is 0 Å². The molecule has 3 rings (SSSR count). The van der Waals surface area contributed by atoms with E-state index in [1.165, 1.54) is 0 Å². The Labute approximate surface area is 145 Å². The van der Waals surface area contributed by atoms with Gasteiger partial charge in [-0.2, -0.15) is 0 Å². The molecule has 0 bridgehead atoms. The zero-order chi connectivity index (χ0) is 17.6. The Kier molecular flexibility index (Phi) is 5.09. The molecule has 2 aromatic carbocycles. The summed E-state index contributed by atoms with van der Waals surface area (Å²) in [4.78, 5) is 28.5. The van der Waals surface area contributed by atoms with Crippen LogP contribution >= 0.6 is 0 Å². The largest absolute Gasteiger partial charge is 0.353 e. The van der Waals surface area contributed by atoms with Crippen molar-refractivity contribution in [2.45, 2.75) is 13.0 Å². The maximum atomic E-state index is 12.3. The van der Waals surface area contributed by atoms with Crippen molar-refractivity contribution in [3.63, 3.8) is 0 Å². The number of imidazole rings is 1. The molecule has 128 valence electrons. The van der Waals surface area contributed by atoms with E-state index in [4.69, 9.17) is 0 Å². The summed E-state index contributed by atoms with van der Waals surface area (Å²) in [7, 11) is 0. The summed E-state index contributed by atoms with van der Waals surface area (Å²) in [5, 5.41) is 5.62. The molecule has 0 saturated carbocycles. The number of benzene rings is 2. The minimum Gasteiger partial charge on any atom is -0.353 e. The molecule has 1 atom stereocenters. The van der Waals surface area contributed by atoms with Gasteiger partial charge in [-0.3, -0.25) is 9.59 Å². The summed E-state index contributed by atoms with van der Waals surface area (Å²) in [6.45, 7) is 2.57. The first-order valence-corrected chi connectivity index (χ1v) is 8.19. The maximum absolute atomic E-state index is 12.3. The first-order chi connectivity index (χ1) is 12.2. The lowest BCUT2D eigenvalue weighted by Gasteiger charge is -2.15. The van der Waals surface area contributed by atoms with Gasteiger partial charge in [-0.1, -0.05) is 30.3 Å². The lowest BCUT2D eigenvalue weighted by molar-refractivity contribution is -0.123. The molecule has 1 aromatic heterocycles. The maximum Gasteiger partial charge on any atom is 0.251 e. The number of nitrogens with zero attached hydrogens (tertiary/aromatic N) is 2. The van der Waals surface area contributed by atoms with Gasteiger partial charge in [0.2, 0.25) is 5.91 Å². The van der Waals surface area contributed by atoms with E-state index in [1.807, 2.05) is 54.0 Å². The van der Waals surface area contributed by atoms with E-state index >= 15 is 0 Å². The van der Waals surface area contributed by atoms with Crippen molar-refractivity contribution >= 4 is 22.8 Å². The van der Waals surface area contributed by atoms with Crippen molar-refractivity contribution in [2.24, 2.45) is 0 Å². The van der Waals surface area contributed by atoms with E-state index in [0.717, 1.165) is 11.0 Å². The smallest absolute Gasteiger partial charge is 0.251 e. The highest BCUT2D eigenvalue weighted by Gasteiger charge is 2.16. The standard InChI is InChI=1S/C19H20N4O2/c1-14(23-13-22-16-9-5-6-10-17(16)23)18(24)20-11-12-21-19(25)15-7-3-2-4-8-15/h2-10,13-14H,11-12H2,1H3,(H,20,24)(H,21,25)/t14-/m0/s1. The van der Waals surface area contributed by atoms with Crippen molar-refractivity contribution in [2.75, 3.05) is 13.1 Å². The molecule has 25 heavy (non-hydrogen) atoms. The van der Waals surface area contributed by atoms with E-state index in [1.54, 1.807) is 18.5 Å². The van der Waals surface area contributed by atoms with Gasteiger partial charge in [-0.15, -0.1) is 0 Å². The molecule has 0 unspecified atom stereocenters. The van der Waals surface area contributed by atoms with Gasteiger partial charge in [0.25, 0.3) is 5.91 Å². The second-order valence-corrected chi connectivity index (χ2v) is 5.73. The van der Waals surface area contributed by atoms with Crippen molar-refractivity contribution in [3.8, 4) is 0 Å². The highest BCUT2D eigenvalue weighted by molar-refractivity contribution is 5.94. The molecular weight excluding hydrogens is 316 g/mol. The summed E-state index contributed by atoms with van der Waals surface area (Å²) >= 11 is 0. The monoisotopic (exact) mass is 336 g/mol. The van der Waals surface area contributed by atoms with E-state index in [-0.39, 0.29) is 17.9 Å². The molecule has 6 nitrogen and oxygen atoms in total. The van der Waals surface area contributed by atoms with Crippen molar-refractivity contribution < 1.29 is 9.59 Å². The van der Waals surface area contributed by atoms with Crippen LogP contribution in [-0.2, 0) is 4.79 Å². The average molecular weight is 336 g/mol. The molecule has 0 aliphatic carbocycles. The normalized spacial score (nSPS) is 11.9. The van der Waals surface area contributed by atoms with Crippen molar-refractivity contribution in [1.82, 2.24) is 20.2 Å². The molecule has 2 amide bonds. The third-order valence-corrected chi connectivity index (χ3v) is 4.02. The van der Waals surface area contributed by atoms with Crippen LogP contribution in [0.15, 0.2) is 60.9 Å². The summed E-state index contributed by atoms with van der Waals surface area (Å²) in [6.07, 6.45) is 1.67. The van der Waals surface area contributed by atoms with Crippen LogP contribution in [0, 0.1) is 0 Å². The highest BCUT2D eigenvalue weighted by Crippen LogP contribution is 2.17. The number of hydrogen-bond donors (Lipinski definition) is 2. The summed E-state index contributed by atoms with van der Waals surface area (Å²) in [6, 6.07) is 16.3. The predicted octanol–water partition coefficient (Wildman–Crippen LogP) is 2.14. The van der Waals surface area contributed by atoms with E-state index in [9.17, 15) is 9.59 Å². The molecular formula is C19H20N4O2. The van der Waals surface area contributed by atoms with Gasteiger partial charge in [0.1, 0.15) is 6.04 Å². The van der Waals surface area contributed by atoms with Gasteiger partial charge < -0.3 is 15.2 Å². The van der Waals surface area contributed by atoms with Gasteiger partial charge in [0.15, 0.2) is 0 Å².